The first-order valence-corrected chi connectivity index (χ1v) is 8.44. The lowest BCUT2D eigenvalue weighted by atomic mass is 10.3. The molecule has 0 fully saturated rings. The minimum Gasteiger partial charge on any atom is -0.356 e. The van der Waals surface area contributed by atoms with Crippen LogP contribution in [0.25, 0.3) is 0 Å². The molecule has 2 rings (SSSR count). The molecule has 0 spiro atoms. The first-order valence-electron chi connectivity index (χ1n) is 7.65. The van der Waals surface area contributed by atoms with Crippen molar-refractivity contribution in [3.8, 4) is 0 Å². The van der Waals surface area contributed by atoms with E-state index >= 15 is 0 Å². The molecule has 2 heterocycles. The van der Waals surface area contributed by atoms with Crippen LogP contribution in [0.3, 0.4) is 0 Å². The summed E-state index contributed by atoms with van der Waals surface area (Å²) in [4.78, 5) is 6.48. The summed E-state index contributed by atoms with van der Waals surface area (Å²) in [6, 6.07) is 2.13. The van der Waals surface area contributed by atoms with Crippen molar-refractivity contribution in [3.63, 3.8) is 0 Å². The monoisotopic (exact) mass is 381 g/mol. The summed E-state index contributed by atoms with van der Waals surface area (Å²) in [5.41, 5.74) is 1.23. The Bertz CT molecular complexity index is 618. The van der Waals surface area contributed by atoms with E-state index in [0.29, 0.717) is 0 Å². The largest absolute Gasteiger partial charge is 0.356 e. The maximum atomic E-state index is 4.35. The quantitative estimate of drug-likeness (QED) is 0.451. The predicted molar refractivity (Wildman–Crippen MR) is 95.2 cm³/mol. The fourth-order valence-electron chi connectivity index (χ4n) is 2.38. The second-order valence-electron chi connectivity index (χ2n) is 5.50. The normalized spacial score (nSPS) is 11.7. The van der Waals surface area contributed by atoms with Crippen molar-refractivity contribution >= 4 is 21.9 Å². The van der Waals surface area contributed by atoms with E-state index < -0.39 is 0 Å². The predicted octanol–water partition coefficient (Wildman–Crippen LogP) is 1.87. The first kappa shape index (κ1) is 17.5. The average molecular weight is 382 g/mol. The van der Waals surface area contributed by atoms with Crippen molar-refractivity contribution in [1.29, 1.82) is 0 Å². The fraction of sp³-hybridized carbons (Fsp3) is 0.533. The number of aryl methyl sites for hydroxylation is 2. The molecule has 0 atom stereocenters. The number of hydrogen-bond acceptors (Lipinski definition) is 3. The maximum Gasteiger partial charge on any atom is 0.193 e. The molecule has 23 heavy (non-hydrogen) atoms. The molecule has 2 aromatic rings. The van der Waals surface area contributed by atoms with Crippen molar-refractivity contribution in [2.75, 3.05) is 20.6 Å². The Morgan fingerprint density at radius 2 is 2.09 bits per heavy atom. The number of guanidine groups is 1. The molecule has 7 nitrogen and oxygen atoms in total. The van der Waals surface area contributed by atoms with Gasteiger partial charge >= 0.3 is 0 Å². The van der Waals surface area contributed by atoms with Crippen molar-refractivity contribution in [1.82, 2.24) is 29.5 Å². The molecule has 0 saturated carbocycles. The summed E-state index contributed by atoms with van der Waals surface area (Å²) >= 11 is 3.51. The molecular weight excluding hydrogens is 358 g/mol. The number of nitrogens with zero attached hydrogens (tertiary/aromatic N) is 6. The molecule has 0 aliphatic heterocycles. The zero-order chi connectivity index (χ0) is 16.7. The fourth-order valence-corrected chi connectivity index (χ4v) is 2.95. The van der Waals surface area contributed by atoms with Crippen molar-refractivity contribution < 1.29 is 0 Å². The van der Waals surface area contributed by atoms with E-state index in [4.69, 9.17) is 0 Å². The van der Waals surface area contributed by atoms with Gasteiger partial charge in [-0.25, -0.2) is 0 Å². The number of rotatable bonds is 7. The Kier molecular flexibility index (Phi) is 6.64. The SMILES string of the molecule is CN=C(NCCCCn1cnnc1)N(C)Cc1cc(Br)cn1C. The average Bonchev–Trinajstić information content (AvgIpc) is 3.13. The highest BCUT2D eigenvalue weighted by molar-refractivity contribution is 9.10. The van der Waals surface area contributed by atoms with Crippen molar-refractivity contribution in [2.45, 2.75) is 25.9 Å². The van der Waals surface area contributed by atoms with Gasteiger partial charge in [-0.05, 0) is 34.8 Å². The van der Waals surface area contributed by atoms with E-state index in [1.54, 1.807) is 12.7 Å². The lowest BCUT2D eigenvalue weighted by molar-refractivity contribution is 0.459. The van der Waals surface area contributed by atoms with Crippen LogP contribution in [0.1, 0.15) is 18.5 Å². The van der Waals surface area contributed by atoms with E-state index in [1.165, 1.54) is 5.69 Å². The number of halogens is 1. The number of unbranched alkanes of at least 4 members (excludes halogenated alkanes) is 1. The third-order valence-corrected chi connectivity index (χ3v) is 4.07. The Hall–Kier alpha value is -1.83. The molecule has 0 aliphatic rings. The third-order valence-electron chi connectivity index (χ3n) is 3.64. The van der Waals surface area contributed by atoms with Gasteiger partial charge in [-0.1, -0.05) is 0 Å². The molecule has 8 heteroatoms. The molecule has 0 aromatic carbocycles. The Labute approximate surface area is 145 Å². The molecule has 0 radical (unpaired) electrons. The molecule has 0 saturated heterocycles. The number of aliphatic imine (C=N–C) groups is 1. The van der Waals surface area contributed by atoms with Gasteiger partial charge < -0.3 is 19.4 Å². The van der Waals surface area contributed by atoms with Crippen LogP contribution in [-0.4, -0.2) is 50.8 Å². The Morgan fingerprint density at radius 1 is 1.35 bits per heavy atom. The van der Waals surface area contributed by atoms with E-state index in [0.717, 1.165) is 42.9 Å². The number of hydrogen-bond donors (Lipinski definition) is 1. The van der Waals surface area contributed by atoms with E-state index in [9.17, 15) is 0 Å². The van der Waals surface area contributed by atoms with Crippen LogP contribution in [-0.2, 0) is 20.1 Å². The molecule has 2 aromatic heterocycles. The Balaban J connectivity index is 1.72. The summed E-state index contributed by atoms with van der Waals surface area (Å²) in [6.45, 7) is 2.65. The van der Waals surface area contributed by atoms with Crippen LogP contribution in [0.2, 0.25) is 0 Å². The summed E-state index contributed by atoms with van der Waals surface area (Å²) in [5, 5.41) is 11.0. The second-order valence-corrected chi connectivity index (χ2v) is 6.41. The van der Waals surface area contributed by atoms with Gasteiger partial charge in [-0.15, -0.1) is 10.2 Å². The van der Waals surface area contributed by atoms with Crippen molar-refractivity contribution in [3.05, 3.63) is 35.1 Å². The van der Waals surface area contributed by atoms with Crippen LogP contribution in [0, 0.1) is 0 Å². The van der Waals surface area contributed by atoms with Gasteiger partial charge in [0, 0.05) is 50.6 Å². The number of aromatic nitrogens is 4. The van der Waals surface area contributed by atoms with E-state index in [-0.39, 0.29) is 0 Å². The van der Waals surface area contributed by atoms with Crippen LogP contribution in [0.15, 0.2) is 34.4 Å². The molecular formula is C15H24BrN7. The van der Waals surface area contributed by atoms with Gasteiger partial charge in [0.15, 0.2) is 5.96 Å². The molecule has 0 unspecified atom stereocenters. The summed E-state index contributed by atoms with van der Waals surface area (Å²) in [6.07, 6.45) is 7.71. The van der Waals surface area contributed by atoms with Crippen LogP contribution in [0.5, 0.6) is 0 Å². The van der Waals surface area contributed by atoms with Gasteiger partial charge in [-0.3, -0.25) is 4.99 Å². The van der Waals surface area contributed by atoms with Gasteiger partial charge in [0.2, 0.25) is 0 Å². The zero-order valence-electron chi connectivity index (χ0n) is 13.9. The highest BCUT2D eigenvalue weighted by Crippen LogP contribution is 2.14. The third kappa shape index (κ3) is 5.38. The Morgan fingerprint density at radius 3 is 2.70 bits per heavy atom. The van der Waals surface area contributed by atoms with Gasteiger partial charge in [0.1, 0.15) is 12.7 Å². The molecule has 0 amide bonds. The highest BCUT2D eigenvalue weighted by Gasteiger charge is 2.09. The maximum absolute atomic E-state index is 4.35. The minimum absolute atomic E-state index is 0.808. The van der Waals surface area contributed by atoms with Gasteiger partial charge in [0.05, 0.1) is 6.54 Å². The molecule has 126 valence electrons. The van der Waals surface area contributed by atoms with Crippen LogP contribution in [0.4, 0.5) is 0 Å². The standard InChI is InChI=1S/C15H24BrN7/c1-17-15(18-6-4-5-7-23-11-19-20-12-23)22(3)10-14-8-13(16)9-21(14)2/h8-9,11-12H,4-7,10H2,1-3H3,(H,17,18). The topological polar surface area (TPSA) is 63.3 Å². The first-order chi connectivity index (χ1) is 11.1. The van der Waals surface area contributed by atoms with Gasteiger partial charge in [0.25, 0.3) is 0 Å². The zero-order valence-corrected chi connectivity index (χ0v) is 15.5. The van der Waals surface area contributed by atoms with E-state index in [2.05, 4.69) is 65.2 Å². The summed E-state index contributed by atoms with van der Waals surface area (Å²) < 4.78 is 5.21. The lowest BCUT2D eigenvalue weighted by Gasteiger charge is -2.22. The van der Waals surface area contributed by atoms with E-state index in [1.807, 2.05) is 18.7 Å². The van der Waals surface area contributed by atoms with Crippen LogP contribution >= 0.6 is 15.9 Å². The molecule has 0 bridgehead atoms. The highest BCUT2D eigenvalue weighted by atomic mass is 79.9. The van der Waals surface area contributed by atoms with Crippen molar-refractivity contribution in [2.24, 2.45) is 12.0 Å². The van der Waals surface area contributed by atoms with Gasteiger partial charge in [-0.2, -0.15) is 0 Å². The molecule has 0 aliphatic carbocycles. The number of nitrogens with one attached hydrogen (secondary N) is 1. The van der Waals surface area contributed by atoms with Crippen LogP contribution < -0.4 is 5.32 Å². The lowest BCUT2D eigenvalue weighted by Crippen LogP contribution is -2.39. The smallest absolute Gasteiger partial charge is 0.193 e. The second kappa shape index (κ2) is 8.71. The summed E-state index contributed by atoms with van der Waals surface area (Å²) in [5.74, 6) is 0.909. The molecule has 1 N–H and O–H groups in total. The summed E-state index contributed by atoms with van der Waals surface area (Å²) in [7, 11) is 5.92. The minimum atomic E-state index is 0.808.